The number of furan rings is 1. The van der Waals surface area contributed by atoms with Crippen LogP contribution in [0, 0.1) is 5.92 Å². The van der Waals surface area contributed by atoms with Gasteiger partial charge in [-0.05, 0) is 25.0 Å². The molecule has 3 rings (SSSR count). The van der Waals surface area contributed by atoms with Crippen molar-refractivity contribution in [3.8, 4) is 11.5 Å². The van der Waals surface area contributed by atoms with E-state index < -0.39 is 10.0 Å². The highest BCUT2D eigenvalue weighted by Gasteiger charge is 2.28. The second-order valence-electron chi connectivity index (χ2n) is 5.81. The summed E-state index contributed by atoms with van der Waals surface area (Å²) >= 11 is 0. The Balaban J connectivity index is 1.50. The predicted molar refractivity (Wildman–Crippen MR) is 85.2 cm³/mol. The van der Waals surface area contributed by atoms with Gasteiger partial charge < -0.3 is 14.3 Å². The van der Waals surface area contributed by atoms with Crippen molar-refractivity contribution in [3.63, 3.8) is 0 Å². The lowest BCUT2D eigenvalue weighted by Gasteiger charge is -2.29. The molecule has 0 aromatic carbocycles. The maximum absolute atomic E-state index is 12.2. The monoisotopic (exact) mass is 353 g/mol. The van der Waals surface area contributed by atoms with Crippen molar-refractivity contribution in [2.45, 2.75) is 19.4 Å². The summed E-state index contributed by atoms with van der Waals surface area (Å²) in [5, 5.41) is 6.72. The Morgan fingerprint density at radius 3 is 2.75 bits per heavy atom. The third-order valence-electron chi connectivity index (χ3n) is 4.06. The molecule has 0 aliphatic carbocycles. The minimum absolute atomic E-state index is 0.0919. The van der Waals surface area contributed by atoms with Crippen molar-refractivity contribution >= 4 is 15.9 Å². The van der Waals surface area contributed by atoms with Gasteiger partial charge in [-0.1, -0.05) is 5.16 Å². The minimum Gasteiger partial charge on any atom is -0.461 e. The number of rotatable bonds is 5. The van der Waals surface area contributed by atoms with E-state index in [0.29, 0.717) is 43.1 Å². The number of carbonyl (C=O) groups excluding carboxylic acids is 1. The quantitative estimate of drug-likeness (QED) is 0.866. The first-order valence-electron chi connectivity index (χ1n) is 7.66. The Labute approximate surface area is 139 Å². The number of carbonyl (C=O) groups is 1. The van der Waals surface area contributed by atoms with E-state index in [2.05, 4.69) is 10.5 Å². The molecule has 9 heteroatoms. The fourth-order valence-corrected chi connectivity index (χ4v) is 3.58. The summed E-state index contributed by atoms with van der Waals surface area (Å²) in [6, 6.07) is 5.23. The zero-order chi connectivity index (χ0) is 17.2. The van der Waals surface area contributed by atoms with Crippen molar-refractivity contribution in [2.24, 2.45) is 5.92 Å². The van der Waals surface area contributed by atoms with Gasteiger partial charge in [0.05, 0.1) is 19.1 Å². The summed E-state index contributed by atoms with van der Waals surface area (Å²) in [6.07, 6.45) is 3.78. The molecule has 1 amide bonds. The van der Waals surface area contributed by atoms with E-state index in [1.807, 2.05) is 0 Å². The van der Waals surface area contributed by atoms with E-state index in [-0.39, 0.29) is 18.4 Å². The molecule has 3 heterocycles. The summed E-state index contributed by atoms with van der Waals surface area (Å²) in [4.78, 5) is 12.2. The Kier molecular flexibility index (Phi) is 4.72. The minimum atomic E-state index is -3.18. The lowest BCUT2D eigenvalue weighted by molar-refractivity contribution is -0.126. The molecular weight excluding hydrogens is 334 g/mol. The van der Waals surface area contributed by atoms with Crippen LogP contribution in [0.25, 0.3) is 11.5 Å². The van der Waals surface area contributed by atoms with Crippen LogP contribution in [0.1, 0.15) is 18.5 Å². The average Bonchev–Trinajstić information content (AvgIpc) is 3.23. The van der Waals surface area contributed by atoms with Gasteiger partial charge in [0.1, 0.15) is 5.69 Å². The number of hydrogen-bond acceptors (Lipinski definition) is 6. The van der Waals surface area contributed by atoms with E-state index in [4.69, 9.17) is 8.94 Å². The van der Waals surface area contributed by atoms with Gasteiger partial charge in [0.15, 0.2) is 5.76 Å². The first kappa shape index (κ1) is 16.7. The van der Waals surface area contributed by atoms with E-state index in [0.717, 1.165) is 0 Å². The van der Waals surface area contributed by atoms with Crippen molar-refractivity contribution in [1.29, 1.82) is 0 Å². The maximum Gasteiger partial charge on any atom is 0.223 e. The normalized spacial score (nSPS) is 17.0. The molecule has 1 fully saturated rings. The first-order chi connectivity index (χ1) is 11.4. The van der Waals surface area contributed by atoms with Gasteiger partial charge in [-0.15, -0.1) is 0 Å². The van der Waals surface area contributed by atoms with Crippen LogP contribution in [-0.4, -0.2) is 43.1 Å². The van der Waals surface area contributed by atoms with E-state index in [1.165, 1.54) is 10.6 Å². The molecule has 0 atom stereocenters. The van der Waals surface area contributed by atoms with Crippen molar-refractivity contribution in [3.05, 3.63) is 30.2 Å². The highest BCUT2D eigenvalue weighted by Crippen LogP contribution is 2.21. The maximum atomic E-state index is 12.2. The predicted octanol–water partition coefficient (Wildman–Crippen LogP) is 1.22. The number of hydrogen-bond donors (Lipinski definition) is 1. The lowest BCUT2D eigenvalue weighted by atomic mass is 9.97. The van der Waals surface area contributed by atoms with Crippen LogP contribution in [-0.2, 0) is 21.4 Å². The van der Waals surface area contributed by atoms with Gasteiger partial charge in [0.25, 0.3) is 0 Å². The van der Waals surface area contributed by atoms with Gasteiger partial charge in [-0.25, -0.2) is 12.7 Å². The van der Waals surface area contributed by atoms with Crippen LogP contribution in [0.15, 0.2) is 33.4 Å². The number of amides is 1. The van der Waals surface area contributed by atoms with Gasteiger partial charge in [-0.3, -0.25) is 4.79 Å². The van der Waals surface area contributed by atoms with Gasteiger partial charge in [0, 0.05) is 25.1 Å². The van der Waals surface area contributed by atoms with Crippen LogP contribution in [0.3, 0.4) is 0 Å². The highest BCUT2D eigenvalue weighted by molar-refractivity contribution is 7.88. The third kappa shape index (κ3) is 3.85. The lowest BCUT2D eigenvalue weighted by Crippen LogP contribution is -2.42. The fraction of sp³-hybridized carbons (Fsp3) is 0.467. The molecule has 24 heavy (non-hydrogen) atoms. The Morgan fingerprint density at radius 1 is 1.38 bits per heavy atom. The van der Waals surface area contributed by atoms with Crippen LogP contribution >= 0.6 is 0 Å². The number of nitrogens with zero attached hydrogens (tertiary/aromatic N) is 2. The van der Waals surface area contributed by atoms with E-state index in [9.17, 15) is 13.2 Å². The zero-order valence-electron chi connectivity index (χ0n) is 13.3. The average molecular weight is 353 g/mol. The van der Waals surface area contributed by atoms with Crippen molar-refractivity contribution in [1.82, 2.24) is 14.8 Å². The number of sulfonamides is 1. The molecule has 1 aliphatic rings. The first-order valence-corrected chi connectivity index (χ1v) is 9.50. The Hall–Kier alpha value is -2.13. The molecule has 1 N–H and O–H groups in total. The van der Waals surface area contributed by atoms with Crippen LogP contribution in [0.5, 0.6) is 0 Å². The molecule has 0 radical (unpaired) electrons. The van der Waals surface area contributed by atoms with E-state index >= 15 is 0 Å². The number of nitrogens with one attached hydrogen (secondary N) is 1. The third-order valence-corrected chi connectivity index (χ3v) is 5.36. The Bertz CT molecular complexity index is 789. The van der Waals surface area contributed by atoms with Gasteiger partial charge in [-0.2, -0.15) is 0 Å². The molecule has 8 nitrogen and oxygen atoms in total. The largest absolute Gasteiger partial charge is 0.461 e. The highest BCUT2D eigenvalue weighted by atomic mass is 32.2. The van der Waals surface area contributed by atoms with Crippen molar-refractivity contribution in [2.75, 3.05) is 19.3 Å². The number of piperidine rings is 1. The Morgan fingerprint density at radius 2 is 2.12 bits per heavy atom. The summed E-state index contributed by atoms with van der Waals surface area (Å²) in [5.41, 5.74) is 0.600. The summed E-state index contributed by atoms with van der Waals surface area (Å²) in [7, 11) is -3.18. The molecule has 130 valence electrons. The molecule has 0 unspecified atom stereocenters. The topological polar surface area (TPSA) is 106 Å². The molecule has 1 saturated heterocycles. The van der Waals surface area contributed by atoms with E-state index in [1.54, 1.807) is 24.5 Å². The van der Waals surface area contributed by atoms with Crippen LogP contribution < -0.4 is 5.32 Å². The smallest absolute Gasteiger partial charge is 0.223 e. The molecule has 1 aliphatic heterocycles. The molecule has 0 bridgehead atoms. The van der Waals surface area contributed by atoms with Gasteiger partial charge in [0.2, 0.25) is 21.7 Å². The SMILES string of the molecule is CS(=O)(=O)N1CCC(C(=O)NCc2cc(-c3ccco3)on2)CC1. The molecule has 0 saturated carbocycles. The second-order valence-corrected chi connectivity index (χ2v) is 7.80. The second kappa shape index (κ2) is 6.78. The molecule has 0 spiro atoms. The fourth-order valence-electron chi connectivity index (χ4n) is 2.70. The summed E-state index contributed by atoms with van der Waals surface area (Å²) < 4.78 is 34.7. The molecular formula is C15H19N3O5S. The molecule has 2 aromatic rings. The molecule has 2 aromatic heterocycles. The summed E-state index contributed by atoms with van der Waals surface area (Å²) in [5.74, 6) is 0.809. The zero-order valence-corrected chi connectivity index (χ0v) is 14.1. The number of aromatic nitrogens is 1. The van der Waals surface area contributed by atoms with Crippen LogP contribution in [0.2, 0.25) is 0 Å². The summed E-state index contributed by atoms with van der Waals surface area (Å²) in [6.45, 7) is 1.02. The van der Waals surface area contributed by atoms with Gasteiger partial charge >= 0.3 is 0 Å². The van der Waals surface area contributed by atoms with Crippen LogP contribution in [0.4, 0.5) is 0 Å². The standard InChI is InChI=1S/C15H19N3O5S/c1-24(20,21)18-6-4-11(5-7-18)15(19)16-10-12-9-14(23-17-12)13-3-2-8-22-13/h2-3,8-9,11H,4-7,10H2,1H3,(H,16,19). The van der Waals surface area contributed by atoms with Crippen molar-refractivity contribution < 1.29 is 22.2 Å².